The van der Waals surface area contributed by atoms with E-state index in [1.165, 1.54) is 11.8 Å². The Morgan fingerprint density at radius 1 is 1.14 bits per heavy atom. The molecule has 3 nitrogen and oxygen atoms in total. The summed E-state index contributed by atoms with van der Waals surface area (Å²) in [4.78, 5) is 16.2. The summed E-state index contributed by atoms with van der Waals surface area (Å²) in [6.07, 6.45) is 2.67. The van der Waals surface area contributed by atoms with Gasteiger partial charge in [0.2, 0.25) is 0 Å². The molecule has 28 heavy (non-hydrogen) atoms. The molecule has 1 atom stereocenters. The number of benzene rings is 2. The van der Waals surface area contributed by atoms with E-state index in [0.717, 1.165) is 43.1 Å². The first-order valence-corrected chi connectivity index (χ1v) is 9.78. The van der Waals surface area contributed by atoms with Crippen LogP contribution in [0.4, 0.5) is 14.5 Å². The lowest BCUT2D eigenvalue weighted by atomic mass is 9.90. The summed E-state index contributed by atoms with van der Waals surface area (Å²) in [5, 5.41) is 0. The van der Waals surface area contributed by atoms with Crippen LogP contribution in [0.15, 0.2) is 30.3 Å². The first kappa shape index (κ1) is 20.3. The topological polar surface area (TPSA) is 23.6 Å². The van der Waals surface area contributed by atoms with Crippen molar-refractivity contribution in [1.29, 1.82) is 0 Å². The molecule has 1 saturated heterocycles. The molecule has 2 aromatic rings. The van der Waals surface area contributed by atoms with Crippen molar-refractivity contribution in [2.75, 3.05) is 32.1 Å². The third-order valence-corrected chi connectivity index (χ3v) is 5.50. The Balaban J connectivity index is 1.79. The number of anilines is 1. The number of amides is 1. The molecule has 1 aliphatic heterocycles. The molecule has 0 aromatic heterocycles. The molecule has 1 unspecified atom stereocenters. The second-order valence-corrected chi connectivity index (χ2v) is 8.05. The van der Waals surface area contributed by atoms with Crippen molar-refractivity contribution >= 4 is 11.6 Å². The Morgan fingerprint density at radius 2 is 1.82 bits per heavy atom. The van der Waals surface area contributed by atoms with Crippen molar-refractivity contribution in [2.45, 2.75) is 33.1 Å². The molecule has 1 amide bonds. The summed E-state index contributed by atoms with van der Waals surface area (Å²) in [6.45, 7) is 5.86. The van der Waals surface area contributed by atoms with E-state index < -0.39 is 11.6 Å². The Kier molecular flexibility index (Phi) is 6.01. The molecule has 0 saturated carbocycles. The highest BCUT2D eigenvalue weighted by Gasteiger charge is 2.24. The van der Waals surface area contributed by atoms with Crippen molar-refractivity contribution in [3.63, 3.8) is 0 Å². The number of halogens is 2. The molecule has 3 rings (SSSR count). The third-order valence-electron chi connectivity index (χ3n) is 5.50. The first-order valence-electron chi connectivity index (χ1n) is 9.78. The lowest BCUT2D eigenvalue weighted by Gasteiger charge is -2.36. The Labute approximate surface area is 166 Å². The van der Waals surface area contributed by atoms with Crippen molar-refractivity contribution in [2.24, 2.45) is 5.92 Å². The van der Waals surface area contributed by atoms with E-state index in [1.807, 2.05) is 26.0 Å². The van der Waals surface area contributed by atoms with Crippen LogP contribution in [0.25, 0.3) is 0 Å². The van der Waals surface area contributed by atoms with Crippen molar-refractivity contribution in [1.82, 2.24) is 4.90 Å². The standard InChI is InChI=1S/C23H28F2N2O/c1-15-10-19(23(28)26(3)4)11-16(2)22(15)27-9-5-6-17(14-27)12-18-7-8-20(24)13-21(18)25/h7-8,10-11,13,17H,5-6,9,12,14H2,1-4H3. The SMILES string of the molecule is Cc1cc(C(=O)N(C)C)cc(C)c1N1CCCC(Cc2ccc(F)cc2F)C1. The van der Waals surface area contributed by atoms with Crippen LogP contribution in [-0.2, 0) is 6.42 Å². The predicted octanol–water partition coefficient (Wildman–Crippen LogP) is 4.74. The minimum Gasteiger partial charge on any atom is -0.371 e. The summed E-state index contributed by atoms with van der Waals surface area (Å²) in [6, 6.07) is 7.75. The molecular weight excluding hydrogens is 358 g/mol. The highest BCUT2D eigenvalue weighted by atomic mass is 19.1. The van der Waals surface area contributed by atoms with Gasteiger partial charge in [-0.3, -0.25) is 4.79 Å². The van der Waals surface area contributed by atoms with Crippen LogP contribution < -0.4 is 4.90 Å². The highest BCUT2D eigenvalue weighted by Crippen LogP contribution is 2.32. The van der Waals surface area contributed by atoms with Crippen LogP contribution in [0.2, 0.25) is 0 Å². The zero-order chi connectivity index (χ0) is 20.4. The molecule has 1 aliphatic rings. The quantitative estimate of drug-likeness (QED) is 0.758. The zero-order valence-electron chi connectivity index (χ0n) is 17.1. The fraction of sp³-hybridized carbons (Fsp3) is 0.435. The van der Waals surface area contributed by atoms with E-state index in [0.29, 0.717) is 23.5 Å². The van der Waals surface area contributed by atoms with Crippen LogP contribution in [0.1, 0.15) is 39.9 Å². The third kappa shape index (κ3) is 4.34. The van der Waals surface area contributed by atoms with Gasteiger partial charge in [-0.2, -0.15) is 0 Å². The summed E-state index contributed by atoms with van der Waals surface area (Å²) >= 11 is 0. The van der Waals surface area contributed by atoms with Crippen molar-refractivity contribution in [3.8, 4) is 0 Å². The molecule has 1 heterocycles. The average molecular weight is 386 g/mol. The fourth-order valence-corrected chi connectivity index (χ4v) is 4.27. The minimum absolute atomic E-state index is 0.000978. The number of carbonyl (C=O) groups is 1. The van der Waals surface area contributed by atoms with E-state index >= 15 is 0 Å². The summed E-state index contributed by atoms with van der Waals surface area (Å²) in [5.74, 6) is -0.683. The van der Waals surface area contributed by atoms with Gasteiger partial charge in [0.1, 0.15) is 11.6 Å². The Morgan fingerprint density at radius 3 is 2.43 bits per heavy atom. The monoisotopic (exact) mass is 386 g/mol. The molecule has 0 N–H and O–H groups in total. The smallest absolute Gasteiger partial charge is 0.253 e. The molecule has 2 aromatic carbocycles. The zero-order valence-corrected chi connectivity index (χ0v) is 17.1. The number of hydrogen-bond donors (Lipinski definition) is 0. The van der Waals surface area contributed by atoms with E-state index in [2.05, 4.69) is 4.90 Å². The van der Waals surface area contributed by atoms with Gasteiger partial charge in [0.05, 0.1) is 0 Å². The molecule has 1 fully saturated rings. The summed E-state index contributed by atoms with van der Waals surface area (Å²) in [7, 11) is 3.51. The molecule has 0 aliphatic carbocycles. The van der Waals surface area contributed by atoms with E-state index in [-0.39, 0.29) is 5.91 Å². The fourth-order valence-electron chi connectivity index (χ4n) is 4.27. The van der Waals surface area contributed by atoms with Gasteiger partial charge in [-0.25, -0.2) is 8.78 Å². The Bertz CT molecular complexity index is 856. The van der Waals surface area contributed by atoms with Gasteiger partial charge in [0.25, 0.3) is 5.91 Å². The van der Waals surface area contributed by atoms with Gasteiger partial charge in [0.15, 0.2) is 0 Å². The van der Waals surface area contributed by atoms with Gasteiger partial charge in [-0.1, -0.05) is 6.07 Å². The van der Waals surface area contributed by atoms with Crippen LogP contribution in [0.5, 0.6) is 0 Å². The lowest BCUT2D eigenvalue weighted by Crippen LogP contribution is -2.37. The van der Waals surface area contributed by atoms with Gasteiger partial charge in [0, 0.05) is 44.5 Å². The van der Waals surface area contributed by atoms with Crippen molar-refractivity contribution in [3.05, 3.63) is 64.2 Å². The molecule has 150 valence electrons. The van der Waals surface area contributed by atoms with E-state index in [4.69, 9.17) is 0 Å². The maximum absolute atomic E-state index is 14.0. The number of nitrogens with zero attached hydrogens (tertiary/aromatic N) is 2. The second-order valence-electron chi connectivity index (χ2n) is 8.05. The minimum atomic E-state index is -0.537. The number of aryl methyl sites for hydroxylation is 2. The van der Waals surface area contributed by atoms with Gasteiger partial charge < -0.3 is 9.80 Å². The van der Waals surface area contributed by atoms with Crippen LogP contribution in [-0.4, -0.2) is 38.0 Å². The van der Waals surface area contributed by atoms with Crippen LogP contribution >= 0.6 is 0 Å². The van der Waals surface area contributed by atoms with Crippen LogP contribution in [0.3, 0.4) is 0 Å². The summed E-state index contributed by atoms with van der Waals surface area (Å²) in [5.41, 5.74) is 4.61. The van der Waals surface area contributed by atoms with Gasteiger partial charge in [-0.05, 0) is 73.9 Å². The van der Waals surface area contributed by atoms with E-state index in [1.54, 1.807) is 25.1 Å². The number of piperidine rings is 1. The maximum Gasteiger partial charge on any atom is 0.253 e. The Hall–Kier alpha value is -2.43. The summed E-state index contributed by atoms with van der Waals surface area (Å²) < 4.78 is 27.2. The highest BCUT2D eigenvalue weighted by molar-refractivity contribution is 5.95. The lowest BCUT2D eigenvalue weighted by molar-refractivity contribution is 0.0827. The predicted molar refractivity (Wildman–Crippen MR) is 109 cm³/mol. The number of carbonyl (C=O) groups excluding carboxylic acids is 1. The molecular formula is C23H28F2N2O. The average Bonchev–Trinajstić information content (AvgIpc) is 2.63. The molecule has 5 heteroatoms. The molecule has 0 bridgehead atoms. The number of rotatable bonds is 4. The van der Waals surface area contributed by atoms with Crippen LogP contribution in [0, 0.1) is 31.4 Å². The largest absolute Gasteiger partial charge is 0.371 e. The maximum atomic E-state index is 14.0. The van der Waals surface area contributed by atoms with Gasteiger partial charge in [-0.15, -0.1) is 0 Å². The molecule has 0 spiro atoms. The van der Waals surface area contributed by atoms with Gasteiger partial charge >= 0.3 is 0 Å². The molecule has 0 radical (unpaired) electrons. The first-order chi connectivity index (χ1) is 13.3. The van der Waals surface area contributed by atoms with Crippen molar-refractivity contribution < 1.29 is 13.6 Å². The second kappa shape index (κ2) is 8.29. The normalized spacial score (nSPS) is 16.9. The number of hydrogen-bond acceptors (Lipinski definition) is 2. The van der Waals surface area contributed by atoms with E-state index in [9.17, 15) is 13.6 Å².